The second-order valence-corrected chi connectivity index (χ2v) is 8.16. The van der Waals surface area contributed by atoms with Gasteiger partial charge in [-0.3, -0.25) is 4.79 Å². The molecule has 0 spiro atoms. The van der Waals surface area contributed by atoms with Crippen molar-refractivity contribution in [2.24, 2.45) is 0 Å². The zero-order chi connectivity index (χ0) is 17.9. The van der Waals surface area contributed by atoms with Crippen LogP contribution in [-0.2, 0) is 17.7 Å². The quantitative estimate of drug-likeness (QED) is 0.710. The zero-order valence-electron chi connectivity index (χ0n) is 15.0. The predicted molar refractivity (Wildman–Crippen MR) is 106 cm³/mol. The number of hydrogen-bond acceptors (Lipinski definition) is 3. The van der Waals surface area contributed by atoms with Crippen LogP contribution in [0.1, 0.15) is 33.8 Å². The Hall–Kier alpha value is -2.11. The normalized spacial score (nSPS) is 17.0. The molecule has 2 aromatic heterocycles. The molecular weight excluding hydrogens is 344 g/mol. The summed E-state index contributed by atoms with van der Waals surface area (Å²) in [4.78, 5) is 14.1. The fourth-order valence-electron chi connectivity index (χ4n) is 3.58. The van der Waals surface area contributed by atoms with Gasteiger partial charge in [-0.25, -0.2) is 0 Å². The molecular formula is C21H24N2O2S. The standard InChI is InChI=1S/C21H24N2O2S/c1-15-12-18-20(26-15)13-19(21(24)22-14-17-8-5-11-25-17)23(18)10-9-16-6-3-2-4-7-16/h2-4,6-7,12-13,17H,5,8-11,14H2,1H3,(H,22,24). The van der Waals surface area contributed by atoms with E-state index in [0.29, 0.717) is 6.54 Å². The number of aromatic nitrogens is 1. The van der Waals surface area contributed by atoms with Gasteiger partial charge in [-0.15, -0.1) is 11.3 Å². The number of nitrogens with zero attached hydrogens (tertiary/aromatic N) is 1. The third-order valence-corrected chi connectivity index (χ3v) is 5.91. The Morgan fingerprint density at radius 3 is 2.92 bits per heavy atom. The van der Waals surface area contributed by atoms with Crippen LogP contribution in [-0.4, -0.2) is 29.7 Å². The summed E-state index contributed by atoms with van der Waals surface area (Å²) in [6, 6.07) is 14.6. The first kappa shape index (κ1) is 17.3. The van der Waals surface area contributed by atoms with Gasteiger partial charge in [-0.1, -0.05) is 30.3 Å². The van der Waals surface area contributed by atoms with E-state index in [-0.39, 0.29) is 12.0 Å². The highest BCUT2D eigenvalue weighted by molar-refractivity contribution is 7.19. The first-order valence-electron chi connectivity index (χ1n) is 9.24. The van der Waals surface area contributed by atoms with Crippen molar-refractivity contribution in [3.05, 3.63) is 58.6 Å². The Kier molecular flexibility index (Phi) is 5.09. The molecule has 0 bridgehead atoms. The number of ether oxygens (including phenoxy) is 1. The van der Waals surface area contributed by atoms with Gasteiger partial charge in [0.05, 0.1) is 16.3 Å². The van der Waals surface area contributed by atoms with Crippen LogP contribution in [0, 0.1) is 6.92 Å². The average Bonchev–Trinajstić information content (AvgIpc) is 3.35. The molecule has 3 heterocycles. The van der Waals surface area contributed by atoms with Gasteiger partial charge < -0.3 is 14.6 Å². The van der Waals surface area contributed by atoms with Crippen molar-refractivity contribution in [1.82, 2.24) is 9.88 Å². The van der Waals surface area contributed by atoms with Crippen molar-refractivity contribution in [3.63, 3.8) is 0 Å². The largest absolute Gasteiger partial charge is 0.376 e. The molecule has 1 aliphatic rings. The van der Waals surface area contributed by atoms with Crippen molar-refractivity contribution in [2.45, 2.75) is 38.8 Å². The van der Waals surface area contributed by atoms with E-state index in [1.807, 2.05) is 12.1 Å². The van der Waals surface area contributed by atoms with E-state index in [1.165, 1.54) is 15.1 Å². The fourth-order valence-corrected chi connectivity index (χ4v) is 4.54. The minimum Gasteiger partial charge on any atom is -0.376 e. The fraction of sp³-hybridized carbons (Fsp3) is 0.381. The maximum absolute atomic E-state index is 12.8. The molecule has 1 unspecified atom stereocenters. The molecule has 5 heteroatoms. The zero-order valence-corrected chi connectivity index (χ0v) is 15.8. The molecule has 1 aromatic carbocycles. The third kappa shape index (κ3) is 3.69. The van der Waals surface area contributed by atoms with Crippen molar-refractivity contribution < 1.29 is 9.53 Å². The van der Waals surface area contributed by atoms with E-state index in [1.54, 1.807) is 11.3 Å². The summed E-state index contributed by atoms with van der Waals surface area (Å²) in [6.07, 6.45) is 3.19. The maximum Gasteiger partial charge on any atom is 0.268 e. The summed E-state index contributed by atoms with van der Waals surface area (Å²) >= 11 is 1.74. The molecule has 1 atom stereocenters. The number of carbonyl (C=O) groups is 1. The smallest absolute Gasteiger partial charge is 0.268 e. The minimum absolute atomic E-state index is 0.00499. The molecule has 0 radical (unpaired) electrons. The molecule has 136 valence electrons. The number of benzene rings is 1. The second-order valence-electron chi connectivity index (χ2n) is 6.87. The lowest BCUT2D eigenvalue weighted by atomic mass is 10.1. The molecule has 1 aliphatic heterocycles. The van der Waals surface area contributed by atoms with Gasteiger partial charge in [-0.2, -0.15) is 0 Å². The summed E-state index contributed by atoms with van der Waals surface area (Å²) in [6.45, 7) is 4.31. The number of carbonyl (C=O) groups excluding carboxylic acids is 1. The van der Waals surface area contributed by atoms with Gasteiger partial charge in [-0.05, 0) is 43.9 Å². The number of fused-ring (bicyclic) bond motifs is 1. The van der Waals surface area contributed by atoms with Crippen molar-refractivity contribution in [2.75, 3.05) is 13.2 Å². The van der Waals surface area contributed by atoms with Crippen molar-refractivity contribution >= 4 is 27.5 Å². The molecule has 0 saturated carbocycles. The number of hydrogen-bond donors (Lipinski definition) is 1. The predicted octanol–water partition coefficient (Wildman–Crippen LogP) is 4.16. The van der Waals surface area contributed by atoms with Crippen LogP contribution in [0.5, 0.6) is 0 Å². The van der Waals surface area contributed by atoms with Gasteiger partial charge in [0.2, 0.25) is 0 Å². The summed E-state index contributed by atoms with van der Waals surface area (Å²) < 4.78 is 8.96. The van der Waals surface area contributed by atoms with Crippen LogP contribution in [0.2, 0.25) is 0 Å². The first-order chi connectivity index (χ1) is 12.7. The highest BCUT2D eigenvalue weighted by Gasteiger charge is 2.20. The van der Waals surface area contributed by atoms with E-state index in [0.717, 1.165) is 43.6 Å². The highest BCUT2D eigenvalue weighted by atomic mass is 32.1. The molecule has 1 N–H and O–H groups in total. The van der Waals surface area contributed by atoms with Gasteiger partial charge in [0.1, 0.15) is 5.69 Å². The molecule has 4 rings (SSSR count). The van der Waals surface area contributed by atoms with Crippen LogP contribution in [0.25, 0.3) is 10.2 Å². The summed E-state index contributed by atoms with van der Waals surface area (Å²) in [5, 5.41) is 3.06. The molecule has 1 saturated heterocycles. The van der Waals surface area contributed by atoms with Gasteiger partial charge >= 0.3 is 0 Å². The van der Waals surface area contributed by atoms with E-state index in [4.69, 9.17) is 4.74 Å². The molecule has 26 heavy (non-hydrogen) atoms. The Bertz CT molecular complexity index is 892. The van der Waals surface area contributed by atoms with E-state index < -0.39 is 0 Å². The Balaban J connectivity index is 1.54. The minimum atomic E-state index is -0.00499. The molecule has 3 aromatic rings. The van der Waals surface area contributed by atoms with Crippen LogP contribution in [0.15, 0.2) is 42.5 Å². The number of rotatable bonds is 6. The monoisotopic (exact) mass is 368 g/mol. The second kappa shape index (κ2) is 7.64. The lowest BCUT2D eigenvalue weighted by Crippen LogP contribution is -2.33. The highest BCUT2D eigenvalue weighted by Crippen LogP contribution is 2.29. The Morgan fingerprint density at radius 1 is 1.31 bits per heavy atom. The summed E-state index contributed by atoms with van der Waals surface area (Å²) in [5.74, 6) is -0.00499. The average molecular weight is 369 g/mol. The van der Waals surface area contributed by atoms with E-state index >= 15 is 0 Å². The number of thiophene rings is 1. The molecule has 1 fully saturated rings. The van der Waals surface area contributed by atoms with Crippen molar-refractivity contribution in [3.8, 4) is 0 Å². The lowest BCUT2D eigenvalue weighted by Gasteiger charge is -2.13. The Morgan fingerprint density at radius 2 is 2.15 bits per heavy atom. The van der Waals surface area contributed by atoms with Crippen LogP contribution >= 0.6 is 11.3 Å². The van der Waals surface area contributed by atoms with Gasteiger partial charge in [0, 0.05) is 24.6 Å². The van der Waals surface area contributed by atoms with Crippen LogP contribution in [0.4, 0.5) is 0 Å². The van der Waals surface area contributed by atoms with E-state index in [9.17, 15) is 4.79 Å². The Labute approximate surface area is 157 Å². The van der Waals surface area contributed by atoms with Crippen LogP contribution < -0.4 is 5.32 Å². The summed E-state index contributed by atoms with van der Waals surface area (Å²) in [7, 11) is 0. The number of aryl methyl sites for hydroxylation is 3. The molecule has 0 aliphatic carbocycles. The molecule has 4 nitrogen and oxygen atoms in total. The van der Waals surface area contributed by atoms with Gasteiger partial charge in [0.25, 0.3) is 5.91 Å². The molecule has 1 amide bonds. The number of amides is 1. The topological polar surface area (TPSA) is 43.3 Å². The van der Waals surface area contributed by atoms with Crippen LogP contribution in [0.3, 0.4) is 0 Å². The third-order valence-electron chi connectivity index (χ3n) is 4.93. The summed E-state index contributed by atoms with van der Waals surface area (Å²) in [5.41, 5.74) is 3.19. The number of nitrogens with one attached hydrogen (secondary N) is 1. The van der Waals surface area contributed by atoms with Gasteiger partial charge in [0.15, 0.2) is 0 Å². The maximum atomic E-state index is 12.8. The van der Waals surface area contributed by atoms with Crippen molar-refractivity contribution in [1.29, 1.82) is 0 Å². The first-order valence-corrected chi connectivity index (χ1v) is 10.1. The SMILES string of the molecule is Cc1cc2c(cc(C(=O)NCC3CCCO3)n2CCc2ccccc2)s1. The van der Waals surface area contributed by atoms with E-state index in [2.05, 4.69) is 47.1 Å². The lowest BCUT2D eigenvalue weighted by molar-refractivity contribution is 0.0850.